The second kappa shape index (κ2) is 15.1. The third-order valence-electron chi connectivity index (χ3n) is 11.8. The van der Waals surface area contributed by atoms with Gasteiger partial charge in [0.05, 0.1) is 23.3 Å². The van der Waals surface area contributed by atoms with Crippen LogP contribution in [0.4, 0.5) is 0 Å². The lowest BCUT2D eigenvalue weighted by Gasteiger charge is -2.15. The van der Waals surface area contributed by atoms with Gasteiger partial charge < -0.3 is 0 Å². The Bertz CT molecular complexity index is 3490. The molecule has 5 nitrogen and oxygen atoms in total. The minimum absolute atomic E-state index is 0.468. The van der Waals surface area contributed by atoms with E-state index in [4.69, 9.17) is 15.0 Å². The molecule has 1 aliphatic rings. The second-order valence-corrected chi connectivity index (χ2v) is 15.4. The van der Waals surface area contributed by atoms with Gasteiger partial charge in [0, 0.05) is 22.3 Å². The van der Waals surface area contributed by atoms with E-state index in [1.807, 2.05) is 109 Å². The fraction of sp³-hybridized carbons (Fsp3) is 0. The highest BCUT2D eigenvalue weighted by atomic mass is 15.0. The number of rotatable bonds is 7. The van der Waals surface area contributed by atoms with Crippen molar-refractivity contribution in [2.75, 3.05) is 0 Å². The van der Waals surface area contributed by atoms with E-state index >= 15 is 0 Å². The lowest BCUT2D eigenvalue weighted by atomic mass is 9.88. The Morgan fingerprint density at radius 3 is 1.45 bits per heavy atom. The van der Waals surface area contributed by atoms with E-state index in [2.05, 4.69) is 103 Å². The number of nitriles is 2. The Kier molecular flexibility index (Phi) is 8.85. The molecular weight excluding hydrogens is 755 g/mol. The molecule has 0 amide bonds. The Morgan fingerprint density at radius 1 is 0.274 bits per heavy atom. The summed E-state index contributed by atoms with van der Waals surface area (Å²) in [4.78, 5) is 14.9. The summed E-state index contributed by atoms with van der Waals surface area (Å²) in [6.45, 7) is 0. The van der Waals surface area contributed by atoms with E-state index in [9.17, 15) is 10.5 Å². The van der Waals surface area contributed by atoms with Gasteiger partial charge in [-0.25, -0.2) is 15.0 Å². The van der Waals surface area contributed by atoms with Crippen LogP contribution in [-0.2, 0) is 0 Å². The van der Waals surface area contributed by atoms with E-state index in [0.717, 1.165) is 61.2 Å². The van der Waals surface area contributed by atoms with Crippen LogP contribution >= 0.6 is 0 Å². The molecule has 11 rings (SSSR count). The van der Waals surface area contributed by atoms with Crippen LogP contribution in [0.3, 0.4) is 0 Å². The molecule has 0 N–H and O–H groups in total. The lowest BCUT2D eigenvalue weighted by Crippen LogP contribution is -2.00. The maximum atomic E-state index is 10.7. The van der Waals surface area contributed by atoms with Crippen molar-refractivity contribution in [2.45, 2.75) is 0 Å². The second-order valence-electron chi connectivity index (χ2n) is 15.4. The average molecular weight is 788 g/mol. The molecule has 0 atom stereocenters. The van der Waals surface area contributed by atoms with Crippen LogP contribution in [0.1, 0.15) is 11.1 Å². The molecule has 1 aromatic heterocycles. The Balaban J connectivity index is 0.978. The first-order valence-electron chi connectivity index (χ1n) is 20.5. The predicted octanol–water partition coefficient (Wildman–Crippen LogP) is 14.1. The zero-order chi connectivity index (χ0) is 41.6. The highest BCUT2D eigenvalue weighted by Crippen LogP contribution is 2.49. The molecule has 0 fully saturated rings. The quantitative estimate of drug-likeness (QED) is 0.161. The van der Waals surface area contributed by atoms with Crippen LogP contribution in [0.2, 0.25) is 0 Å². The minimum Gasteiger partial charge on any atom is -0.208 e. The standard InChI is InChI=1S/C57H33N5/c58-34-44-32-42(26-27-46(44)36-13-3-1-4-14-36)57-61-55(37-15-5-2-6-16-37)60-56(62-57)41-19-11-17-38(29-41)39-25-28-48(45(30-39)35-59)49-21-8-7-20-47(49)43-31-40-18-12-24-52-50-22-9-10-23-51(50)53(33-43)54(40)52/h1-33H. The van der Waals surface area contributed by atoms with E-state index in [1.165, 1.54) is 33.0 Å². The summed E-state index contributed by atoms with van der Waals surface area (Å²) in [7, 11) is 0. The molecule has 1 aliphatic carbocycles. The first kappa shape index (κ1) is 36.3. The minimum atomic E-state index is 0.468. The summed E-state index contributed by atoms with van der Waals surface area (Å²) >= 11 is 0. The molecule has 286 valence electrons. The monoisotopic (exact) mass is 787 g/mol. The number of fused-ring (bicyclic) bond motifs is 3. The van der Waals surface area contributed by atoms with Crippen molar-refractivity contribution in [2.24, 2.45) is 0 Å². The molecule has 1 heterocycles. The maximum absolute atomic E-state index is 10.7. The van der Waals surface area contributed by atoms with Crippen LogP contribution in [-0.4, -0.2) is 15.0 Å². The van der Waals surface area contributed by atoms with Crippen molar-refractivity contribution in [3.63, 3.8) is 0 Å². The van der Waals surface area contributed by atoms with Crippen LogP contribution in [0.15, 0.2) is 200 Å². The SMILES string of the molecule is N#Cc1cc(-c2nc(-c3ccccc3)nc(-c3cccc(-c4ccc(-c5ccccc5-c5cc6c7c(cccc7c5)-c5ccccc5-6)c(C#N)c4)c3)n2)ccc1-c1ccccc1. The third kappa shape index (κ3) is 6.30. The van der Waals surface area contributed by atoms with Gasteiger partial charge in [0.25, 0.3) is 0 Å². The van der Waals surface area contributed by atoms with Crippen LogP contribution in [0.25, 0.3) is 112 Å². The first-order chi connectivity index (χ1) is 30.6. The topological polar surface area (TPSA) is 86.2 Å². The Hall–Kier alpha value is -8.77. The molecule has 5 heteroatoms. The molecule has 0 bridgehead atoms. The number of nitrogens with zero attached hydrogens (tertiary/aromatic N) is 5. The van der Waals surface area contributed by atoms with Crippen molar-refractivity contribution in [1.29, 1.82) is 10.5 Å². The number of hydrogen-bond acceptors (Lipinski definition) is 5. The van der Waals surface area contributed by atoms with E-state index in [-0.39, 0.29) is 0 Å². The molecule has 0 spiro atoms. The molecular formula is C57H33N5. The highest BCUT2D eigenvalue weighted by molar-refractivity contribution is 6.16. The van der Waals surface area contributed by atoms with Crippen molar-refractivity contribution >= 4 is 10.8 Å². The molecule has 0 aliphatic heterocycles. The normalized spacial score (nSPS) is 11.2. The van der Waals surface area contributed by atoms with Gasteiger partial charge in [0.1, 0.15) is 0 Å². The van der Waals surface area contributed by atoms with Gasteiger partial charge in [-0.05, 0) is 102 Å². The zero-order valence-electron chi connectivity index (χ0n) is 33.3. The van der Waals surface area contributed by atoms with Gasteiger partial charge in [-0.3, -0.25) is 0 Å². The summed E-state index contributed by atoms with van der Waals surface area (Å²) in [5.74, 6) is 1.50. The van der Waals surface area contributed by atoms with Crippen molar-refractivity contribution in [3.8, 4) is 113 Å². The fourth-order valence-electron chi connectivity index (χ4n) is 8.83. The van der Waals surface area contributed by atoms with E-state index < -0.39 is 0 Å². The van der Waals surface area contributed by atoms with Crippen LogP contribution < -0.4 is 0 Å². The van der Waals surface area contributed by atoms with Crippen molar-refractivity contribution < 1.29 is 0 Å². The molecule has 0 saturated heterocycles. The number of hydrogen-bond donors (Lipinski definition) is 0. The van der Waals surface area contributed by atoms with Gasteiger partial charge in [-0.2, -0.15) is 10.5 Å². The lowest BCUT2D eigenvalue weighted by molar-refractivity contribution is 1.07. The highest BCUT2D eigenvalue weighted by Gasteiger charge is 2.23. The van der Waals surface area contributed by atoms with Gasteiger partial charge in [-0.1, -0.05) is 170 Å². The smallest absolute Gasteiger partial charge is 0.164 e. The summed E-state index contributed by atoms with van der Waals surface area (Å²) in [6, 6.07) is 72.7. The molecule has 0 saturated carbocycles. The van der Waals surface area contributed by atoms with Crippen LogP contribution in [0.5, 0.6) is 0 Å². The number of aromatic nitrogens is 3. The maximum Gasteiger partial charge on any atom is 0.164 e. The molecule has 10 aromatic rings. The molecule has 0 radical (unpaired) electrons. The zero-order valence-corrected chi connectivity index (χ0v) is 33.3. The Morgan fingerprint density at radius 2 is 0.742 bits per heavy atom. The van der Waals surface area contributed by atoms with E-state index in [0.29, 0.717) is 28.6 Å². The molecule has 62 heavy (non-hydrogen) atoms. The molecule has 9 aromatic carbocycles. The van der Waals surface area contributed by atoms with Crippen molar-refractivity contribution in [1.82, 2.24) is 15.0 Å². The van der Waals surface area contributed by atoms with Crippen molar-refractivity contribution in [3.05, 3.63) is 211 Å². The van der Waals surface area contributed by atoms with Gasteiger partial charge >= 0.3 is 0 Å². The summed E-state index contributed by atoms with van der Waals surface area (Å²) in [5.41, 5.74) is 16.2. The first-order valence-corrected chi connectivity index (χ1v) is 20.5. The fourth-order valence-corrected chi connectivity index (χ4v) is 8.83. The average Bonchev–Trinajstić information content (AvgIpc) is 3.68. The number of benzene rings is 9. The van der Waals surface area contributed by atoms with E-state index in [1.54, 1.807) is 0 Å². The summed E-state index contributed by atoms with van der Waals surface area (Å²) < 4.78 is 0. The van der Waals surface area contributed by atoms with Crippen LogP contribution in [0, 0.1) is 22.7 Å². The summed E-state index contributed by atoms with van der Waals surface area (Å²) in [5, 5.41) is 23.4. The third-order valence-corrected chi connectivity index (χ3v) is 11.8. The van der Waals surface area contributed by atoms with Gasteiger partial charge in [0.15, 0.2) is 17.5 Å². The Labute approximate surface area is 359 Å². The largest absolute Gasteiger partial charge is 0.208 e. The summed E-state index contributed by atoms with van der Waals surface area (Å²) in [6.07, 6.45) is 0. The van der Waals surface area contributed by atoms with Gasteiger partial charge in [-0.15, -0.1) is 0 Å². The molecule has 0 unspecified atom stereocenters. The van der Waals surface area contributed by atoms with Gasteiger partial charge in [0.2, 0.25) is 0 Å². The predicted molar refractivity (Wildman–Crippen MR) is 249 cm³/mol.